The lowest BCUT2D eigenvalue weighted by molar-refractivity contribution is -0.124. The summed E-state index contributed by atoms with van der Waals surface area (Å²) in [4.78, 5) is 15.3. The maximum absolute atomic E-state index is 13.6. The summed E-state index contributed by atoms with van der Waals surface area (Å²) in [7, 11) is -7.73. The van der Waals surface area contributed by atoms with Gasteiger partial charge in [-0.05, 0) is 97.7 Å². The molecule has 6 rings (SSSR count). The summed E-state index contributed by atoms with van der Waals surface area (Å²) in [6.07, 6.45) is 9.01. The van der Waals surface area contributed by atoms with Gasteiger partial charge in [-0.1, -0.05) is 43.7 Å². The number of nitrogens with one attached hydrogen (secondary N) is 1. The number of aliphatic hydroxyl groups is 1. The van der Waals surface area contributed by atoms with Crippen molar-refractivity contribution >= 4 is 43.1 Å². The molecular formula is C34H43ClN2O7S2. The van der Waals surface area contributed by atoms with Gasteiger partial charge in [-0.25, -0.2) is 21.6 Å². The smallest absolute Gasteiger partial charge is 0.264 e. The highest BCUT2D eigenvalue weighted by molar-refractivity contribution is 7.90. The van der Waals surface area contributed by atoms with Crippen LogP contribution >= 0.6 is 11.6 Å². The molecular weight excluding hydrogens is 648 g/mol. The van der Waals surface area contributed by atoms with Gasteiger partial charge in [0.1, 0.15) is 5.75 Å². The lowest BCUT2D eigenvalue weighted by Crippen LogP contribution is -2.54. The largest absolute Gasteiger partial charge is 0.490 e. The molecule has 2 aliphatic heterocycles. The van der Waals surface area contributed by atoms with Crippen LogP contribution in [0.1, 0.15) is 57.1 Å². The second kappa shape index (κ2) is 12.1. The number of carbonyl (C=O) groups excluding carboxylic acids is 1. The number of hydrogen-bond donors (Lipinski definition) is 2. The number of sulfone groups is 1. The van der Waals surface area contributed by atoms with Crippen LogP contribution in [0.25, 0.3) is 0 Å². The van der Waals surface area contributed by atoms with Crippen LogP contribution in [0, 0.1) is 23.7 Å². The Balaban J connectivity index is 1.47. The number of benzene rings is 2. The first-order chi connectivity index (χ1) is 21.6. The predicted molar refractivity (Wildman–Crippen MR) is 179 cm³/mol. The number of amides is 1. The molecule has 250 valence electrons. The number of anilines is 1. The fourth-order valence-electron chi connectivity index (χ4n) is 7.92. The minimum Gasteiger partial charge on any atom is -0.490 e. The Morgan fingerprint density at radius 1 is 1.15 bits per heavy atom. The van der Waals surface area contributed by atoms with Crippen molar-refractivity contribution in [2.75, 3.05) is 36.6 Å². The van der Waals surface area contributed by atoms with E-state index in [0.717, 1.165) is 37.5 Å². The van der Waals surface area contributed by atoms with Crippen LogP contribution in [0.4, 0.5) is 5.69 Å². The van der Waals surface area contributed by atoms with Crippen LogP contribution < -0.4 is 14.4 Å². The van der Waals surface area contributed by atoms with E-state index in [0.29, 0.717) is 49.0 Å². The maximum atomic E-state index is 13.6. The summed E-state index contributed by atoms with van der Waals surface area (Å²) in [5.41, 5.74) is 0.939. The Morgan fingerprint density at radius 2 is 1.93 bits per heavy atom. The Bertz CT molecular complexity index is 1780. The number of aryl methyl sites for hydroxylation is 1. The second-order valence-electron chi connectivity index (χ2n) is 14.1. The molecule has 2 heterocycles. The third-order valence-corrected chi connectivity index (χ3v) is 13.3. The van der Waals surface area contributed by atoms with Gasteiger partial charge in [0.15, 0.2) is 9.84 Å². The molecule has 0 unspecified atom stereocenters. The van der Waals surface area contributed by atoms with E-state index in [1.807, 2.05) is 19.1 Å². The molecule has 2 bridgehead atoms. The van der Waals surface area contributed by atoms with E-state index < -0.39 is 48.5 Å². The number of nitrogens with zero attached hydrogens (tertiary/aromatic N) is 1. The molecule has 0 saturated heterocycles. The van der Waals surface area contributed by atoms with Crippen LogP contribution in [0.3, 0.4) is 0 Å². The Hall–Kier alpha value is -2.60. The predicted octanol–water partition coefficient (Wildman–Crippen LogP) is 4.65. The SMILES string of the molecule is C[C@H]1C/C=C/[C@@](O)(CS(C)(=O)=O)[C@@H]2CC[C@H]2CN2C[C@@]3(CCCc4cc(Cl)ccc43)COc3ccc(cc32)S(=O)(=O)NC(=O)[C@@H]1C. The van der Waals surface area contributed by atoms with Gasteiger partial charge in [0, 0.05) is 35.7 Å². The first-order valence-corrected chi connectivity index (χ1v) is 20.0. The number of sulfonamides is 1. The van der Waals surface area contributed by atoms with Gasteiger partial charge in [-0.15, -0.1) is 0 Å². The van der Waals surface area contributed by atoms with Gasteiger partial charge >= 0.3 is 0 Å². The number of ether oxygens (including phenoxy) is 1. The third-order valence-electron chi connectivity index (χ3n) is 10.7. The van der Waals surface area contributed by atoms with E-state index >= 15 is 0 Å². The molecule has 1 fully saturated rings. The lowest BCUT2D eigenvalue weighted by atomic mass is 9.64. The first kappa shape index (κ1) is 33.3. The summed E-state index contributed by atoms with van der Waals surface area (Å²) in [6.45, 7) is 4.88. The summed E-state index contributed by atoms with van der Waals surface area (Å²) < 4.78 is 61.1. The number of fused-ring (bicyclic) bond motifs is 4. The molecule has 0 aromatic heterocycles. The fraction of sp³-hybridized carbons (Fsp3) is 0.559. The fourth-order valence-corrected chi connectivity index (χ4v) is 10.3. The zero-order chi connectivity index (χ0) is 33.1. The molecule has 1 saturated carbocycles. The van der Waals surface area contributed by atoms with E-state index in [2.05, 4.69) is 15.7 Å². The average molecular weight is 691 g/mol. The van der Waals surface area contributed by atoms with Crippen LogP contribution in [-0.2, 0) is 36.5 Å². The minimum absolute atomic E-state index is 0.0365. The van der Waals surface area contributed by atoms with Crippen molar-refractivity contribution < 1.29 is 31.5 Å². The zero-order valence-electron chi connectivity index (χ0n) is 26.5. The van der Waals surface area contributed by atoms with E-state index in [1.54, 1.807) is 31.2 Å². The number of halogens is 1. The van der Waals surface area contributed by atoms with Crippen LogP contribution in [0.2, 0.25) is 5.02 Å². The van der Waals surface area contributed by atoms with Gasteiger partial charge < -0.3 is 14.7 Å². The van der Waals surface area contributed by atoms with Crippen molar-refractivity contribution in [2.24, 2.45) is 23.7 Å². The van der Waals surface area contributed by atoms with E-state index in [9.17, 15) is 26.7 Å². The summed E-state index contributed by atoms with van der Waals surface area (Å²) in [5, 5.41) is 12.7. The Kier molecular flexibility index (Phi) is 8.78. The number of hydrogen-bond acceptors (Lipinski definition) is 8. The average Bonchev–Trinajstić information content (AvgIpc) is 3.10. The van der Waals surface area contributed by atoms with Crippen LogP contribution in [-0.4, -0.2) is 65.2 Å². The van der Waals surface area contributed by atoms with Gasteiger partial charge in [0.25, 0.3) is 10.0 Å². The molecule has 12 heteroatoms. The van der Waals surface area contributed by atoms with Gasteiger partial charge in [-0.3, -0.25) is 4.79 Å². The Labute approximate surface area is 277 Å². The van der Waals surface area contributed by atoms with Crippen LogP contribution in [0.5, 0.6) is 5.75 Å². The first-order valence-electron chi connectivity index (χ1n) is 16.0. The van der Waals surface area contributed by atoms with Crippen molar-refractivity contribution in [2.45, 2.75) is 68.3 Å². The molecule has 4 aliphatic rings. The summed E-state index contributed by atoms with van der Waals surface area (Å²) >= 11 is 6.39. The summed E-state index contributed by atoms with van der Waals surface area (Å²) in [5.74, 6) is -1.80. The molecule has 2 N–H and O–H groups in total. The van der Waals surface area contributed by atoms with Crippen molar-refractivity contribution in [3.8, 4) is 5.75 Å². The van der Waals surface area contributed by atoms with Gasteiger partial charge in [-0.2, -0.15) is 0 Å². The molecule has 46 heavy (non-hydrogen) atoms. The van der Waals surface area contributed by atoms with Crippen molar-refractivity contribution in [1.29, 1.82) is 0 Å². The standard InChI is InChI=1S/C34H43ClN2O7S2/c1-22-6-4-15-34(39,21-45(3,40)41)29-11-8-25(29)18-37-19-33(14-5-7-24-16-26(35)9-12-28(24)33)20-44-31-13-10-27(17-30(31)37)46(42,43)36-32(38)23(22)2/h4,9-10,12-13,15-17,22-23,25,29,39H,5-8,11,14,18-21H2,1-3H3,(H,36,38)/b15-4+/t22-,23+,25-,29+,33-,34+/m0/s1. The molecule has 0 radical (unpaired) electrons. The molecule has 2 aliphatic carbocycles. The minimum atomic E-state index is -4.19. The Morgan fingerprint density at radius 3 is 2.65 bits per heavy atom. The number of allylic oxidation sites excluding steroid dienone is 1. The highest BCUT2D eigenvalue weighted by Gasteiger charge is 2.49. The van der Waals surface area contributed by atoms with E-state index in [-0.39, 0.29) is 22.6 Å². The van der Waals surface area contributed by atoms with Crippen molar-refractivity contribution in [3.05, 3.63) is 64.7 Å². The molecule has 1 spiro atoms. The maximum Gasteiger partial charge on any atom is 0.264 e. The molecule has 1 amide bonds. The number of rotatable bonds is 2. The van der Waals surface area contributed by atoms with E-state index in [1.165, 1.54) is 11.6 Å². The lowest BCUT2D eigenvalue weighted by Gasteiger charge is -2.49. The third kappa shape index (κ3) is 6.44. The highest BCUT2D eigenvalue weighted by Crippen LogP contribution is 2.48. The van der Waals surface area contributed by atoms with Gasteiger partial charge in [0.05, 0.1) is 28.5 Å². The number of carbonyl (C=O) groups is 1. The zero-order valence-corrected chi connectivity index (χ0v) is 28.9. The highest BCUT2D eigenvalue weighted by atomic mass is 35.5. The molecule has 6 atom stereocenters. The summed E-state index contributed by atoms with van der Waals surface area (Å²) in [6, 6.07) is 10.7. The van der Waals surface area contributed by atoms with Gasteiger partial charge in [0.2, 0.25) is 5.91 Å². The second-order valence-corrected chi connectivity index (χ2v) is 18.4. The molecule has 9 nitrogen and oxygen atoms in total. The monoisotopic (exact) mass is 690 g/mol. The van der Waals surface area contributed by atoms with E-state index in [4.69, 9.17) is 16.3 Å². The van der Waals surface area contributed by atoms with Crippen molar-refractivity contribution in [3.63, 3.8) is 0 Å². The quantitative estimate of drug-likeness (QED) is 0.436. The molecule has 2 aromatic rings. The normalized spacial score (nSPS) is 33.4. The van der Waals surface area contributed by atoms with Crippen LogP contribution in [0.15, 0.2) is 53.4 Å². The topological polar surface area (TPSA) is 130 Å². The molecule has 2 aromatic carbocycles. The van der Waals surface area contributed by atoms with Crippen molar-refractivity contribution in [1.82, 2.24) is 4.72 Å².